The van der Waals surface area contributed by atoms with Gasteiger partial charge in [-0.3, -0.25) is 4.79 Å². The van der Waals surface area contributed by atoms with E-state index in [9.17, 15) is 13.6 Å². The summed E-state index contributed by atoms with van der Waals surface area (Å²) in [6.45, 7) is 1.89. The van der Waals surface area contributed by atoms with E-state index in [4.69, 9.17) is 19.6 Å². The summed E-state index contributed by atoms with van der Waals surface area (Å²) in [4.78, 5) is 11.9. The van der Waals surface area contributed by atoms with Crippen molar-refractivity contribution >= 4 is 16.9 Å². The number of fused-ring (bicyclic) bond motifs is 1. The van der Waals surface area contributed by atoms with E-state index >= 15 is 4.39 Å². The van der Waals surface area contributed by atoms with E-state index in [2.05, 4.69) is 0 Å². The molecule has 4 rings (SSSR count). The number of benzene rings is 3. The maximum absolute atomic E-state index is 15.0. The number of rotatable bonds is 8. The first kappa shape index (κ1) is 23.4. The summed E-state index contributed by atoms with van der Waals surface area (Å²) in [5.41, 5.74) is 7.62. The van der Waals surface area contributed by atoms with Gasteiger partial charge in [0.05, 0.1) is 13.0 Å². The van der Waals surface area contributed by atoms with Crippen molar-refractivity contribution in [3.05, 3.63) is 88.9 Å². The molecule has 2 N–H and O–H groups in total. The highest BCUT2D eigenvalue weighted by atomic mass is 19.1. The predicted molar refractivity (Wildman–Crippen MR) is 121 cm³/mol. The number of furan rings is 1. The van der Waals surface area contributed by atoms with Crippen LogP contribution in [0, 0.1) is 17.6 Å². The van der Waals surface area contributed by atoms with E-state index < -0.39 is 23.6 Å². The minimum absolute atomic E-state index is 0.00457. The van der Waals surface area contributed by atoms with Crippen molar-refractivity contribution in [3.8, 4) is 16.9 Å². The Morgan fingerprint density at radius 1 is 1.00 bits per heavy atom. The Labute approximate surface area is 193 Å². The second-order valence-electron chi connectivity index (χ2n) is 7.62. The molecule has 4 aromatic rings. The molecule has 0 fully saturated rings. The molecule has 0 aliphatic carbocycles. The van der Waals surface area contributed by atoms with E-state index in [0.717, 1.165) is 0 Å². The van der Waals surface area contributed by atoms with Crippen molar-refractivity contribution < 1.29 is 31.9 Å². The number of carbonyl (C=O) groups is 1. The van der Waals surface area contributed by atoms with Crippen LogP contribution in [-0.2, 0) is 29.1 Å². The summed E-state index contributed by atoms with van der Waals surface area (Å²) >= 11 is 0. The normalized spacial score (nSPS) is 11.1. The molecule has 1 heterocycles. The van der Waals surface area contributed by atoms with Crippen LogP contribution in [0.15, 0.2) is 59.0 Å². The van der Waals surface area contributed by atoms with Gasteiger partial charge in [-0.15, -0.1) is 0 Å². The highest BCUT2D eigenvalue weighted by Crippen LogP contribution is 2.35. The van der Waals surface area contributed by atoms with E-state index in [1.165, 1.54) is 24.3 Å². The summed E-state index contributed by atoms with van der Waals surface area (Å²) in [6.07, 6.45) is -0.157. The van der Waals surface area contributed by atoms with Crippen molar-refractivity contribution in [1.82, 2.24) is 0 Å². The molecule has 0 unspecified atom stereocenters. The Bertz CT molecular complexity index is 1350. The third-order valence-corrected chi connectivity index (χ3v) is 5.29. The standard InChI is InChI=1S/C26H22F3NO4/c1-2-32-24(31)12-17-10-19(27)6-7-22(17)33-14-15-8-18-11-23(28)34-26(18)21(9-15)20-5-3-4-16(13-30)25(20)29/h3-11H,2,12-14,30H2,1H3. The lowest BCUT2D eigenvalue weighted by molar-refractivity contribution is -0.142. The molecule has 0 radical (unpaired) electrons. The average Bonchev–Trinajstić information content (AvgIpc) is 3.18. The lowest BCUT2D eigenvalue weighted by Gasteiger charge is -2.13. The molecule has 0 atom stereocenters. The smallest absolute Gasteiger partial charge is 0.310 e. The third-order valence-electron chi connectivity index (χ3n) is 5.29. The highest BCUT2D eigenvalue weighted by molar-refractivity contribution is 5.93. The van der Waals surface area contributed by atoms with Crippen LogP contribution in [0.3, 0.4) is 0 Å². The van der Waals surface area contributed by atoms with Gasteiger partial charge in [-0.1, -0.05) is 18.2 Å². The van der Waals surface area contributed by atoms with Gasteiger partial charge in [-0.2, -0.15) is 4.39 Å². The van der Waals surface area contributed by atoms with Crippen molar-refractivity contribution in [3.63, 3.8) is 0 Å². The van der Waals surface area contributed by atoms with Crippen LogP contribution >= 0.6 is 0 Å². The summed E-state index contributed by atoms with van der Waals surface area (Å²) in [5.74, 6) is -1.24. The zero-order chi connectivity index (χ0) is 24.2. The predicted octanol–water partition coefficient (Wildman–Crippen LogP) is 5.66. The number of halogens is 3. The van der Waals surface area contributed by atoms with Gasteiger partial charge in [0.1, 0.15) is 29.6 Å². The maximum atomic E-state index is 15.0. The van der Waals surface area contributed by atoms with Crippen molar-refractivity contribution in [2.24, 2.45) is 5.73 Å². The number of carbonyl (C=O) groups excluding carboxylic acids is 1. The van der Waals surface area contributed by atoms with Crippen LogP contribution < -0.4 is 10.5 Å². The van der Waals surface area contributed by atoms with E-state index in [0.29, 0.717) is 33.4 Å². The van der Waals surface area contributed by atoms with Crippen LogP contribution in [0.1, 0.15) is 23.6 Å². The Morgan fingerprint density at radius 2 is 1.82 bits per heavy atom. The Balaban J connectivity index is 1.69. The van der Waals surface area contributed by atoms with Crippen molar-refractivity contribution in [2.75, 3.05) is 6.61 Å². The highest BCUT2D eigenvalue weighted by Gasteiger charge is 2.18. The molecular weight excluding hydrogens is 447 g/mol. The molecule has 34 heavy (non-hydrogen) atoms. The number of ether oxygens (including phenoxy) is 2. The zero-order valence-electron chi connectivity index (χ0n) is 18.4. The van der Waals surface area contributed by atoms with E-state index in [-0.39, 0.29) is 37.3 Å². The fourth-order valence-electron chi connectivity index (χ4n) is 3.77. The van der Waals surface area contributed by atoms with E-state index in [1.54, 1.807) is 37.3 Å². The number of esters is 1. The molecule has 5 nitrogen and oxygen atoms in total. The van der Waals surface area contributed by atoms with Crippen LogP contribution in [0.5, 0.6) is 5.75 Å². The molecular formula is C26H22F3NO4. The molecule has 8 heteroatoms. The Kier molecular flexibility index (Phi) is 6.88. The minimum atomic E-state index is -0.806. The molecule has 176 valence electrons. The monoisotopic (exact) mass is 469 g/mol. The van der Waals surface area contributed by atoms with Crippen molar-refractivity contribution in [2.45, 2.75) is 26.5 Å². The topological polar surface area (TPSA) is 74.7 Å². The third kappa shape index (κ3) is 4.92. The van der Waals surface area contributed by atoms with Gasteiger partial charge in [0, 0.05) is 40.3 Å². The van der Waals surface area contributed by atoms with Gasteiger partial charge in [0.15, 0.2) is 0 Å². The summed E-state index contributed by atoms with van der Waals surface area (Å²) < 4.78 is 58.7. The van der Waals surface area contributed by atoms with Gasteiger partial charge in [0.2, 0.25) is 0 Å². The fraction of sp³-hybridized carbons (Fsp3) is 0.192. The Hall–Kier alpha value is -3.78. The zero-order valence-corrected chi connectivity index (χ0v) is 18.4. The van der Waals surface area contributed by atoms with Gasteiger partial charge >= 0.3 is 5.97 Å². The summed E-state index contributed by atoms with van der Waals surface area (Å²) in [6, 6.07) is 12.3. The molecule has 0 saturated heterocycles. The minimum Gasteiger partial charge on any atom is -0.489 e. The second-order valence-corrected chi connectivity index (χ2v) is 7.62. The maximum Gasteiger partial charge on any atom is 0.310 e. The molecule has 0 amide bonds. The lowest BCUT2D eigenvalue weighted by Crippen LogP contribution is -2.09. The summed E-state index contributed by atoms with van der Waals surface area (Å²) in [5, 5.41) is 0.428. The average molecular weight is 469 g/mol. The van der Waals surface area contributed by atoms with Crippen molar-refractivity contribution in [1.29, 1.82) is 0 Å². The summed E-state index contributed by atoms with van der Waals surface area (Å²) in [7, 11) is 0. The molecule has 0 aliphatic rings. The van der Waals surface area contributed by atoms with Gasteiger partial charge in [-0.05, 0) is 42.8 Å². The van der Waals surface area contributed by atoms with Crippen LogP contribution in [0.25, 0.3) is 22.1 Å². The van der Waals surface area contributed by atoms with Gasteiger partial charge in [-0.25, -0.2) is 8.78 Å². The fourth-order valence-corrected chi connectivity index (χ4v) is 3.77. The molecule has 0 aliphatic heterocycles. The molecule has 0 spiro atoms. The first-order chi connectivity index (χ1) is 16.4. The first-order valence-electron chi connectivity index (χ1n) is 10.7. The van der Waals surface area contributed by atoms with Crippen LogP contribution in [-0.4, -0.2) is 12.6 Å². The first-order valence-corrected chi connectivity index (χ1v) is 10.7. The molecule has 0 saturated carbocycles. The second kappa shape index (κ2) is 10.0. The number of hydrogen-bond donors (Lipinski definition) is 1. The van der Waals surface area contributed by atoms with Gasteiger partial charge < -0.3 is 19.6 Å². The lowest BCUT2D eigenvalue weighted by atomic mass is 9.98. The SMILES string of the molecule is CCOC(=O)Cc1cc(F)ccc1OCc1cc(-c2cccc(CN)c2F)c2oc(F)cc2c1. The Morgan fingerprint density at radius 3 is 2.59 bits per heavy atom. The van der Waals surface area contributed by atoms with Crippen LogP contribution in [0.4, 0.5) is 13.2 Å². The van der Waals surface area contributed by atoms with Crippen LogP contribution in [0.2, 0.25) is 0 Å². The number of nitrogens with two attached hydrogens (primary N) is 1. The number of hydrogen-bond acceptors (Lipinski definition) is 5. The molecule has 3 aromatic carbocycles. The van der Waals surface area contributed by atoms with E-state index in [1.807, 2.05) is 0 Å². The quantitative estimate of drug-likeness (QED) is 0.337. The molecule has 1 aromatic heterocycles. The van der Waals surface area contributed by atoms with Gasteiger partial charge in [0.25, 0.3) is 6.01 Å². The largest absolute Gasteiger partial charge is 0.489 e. The molecule has 0 bridgehead atoms.